The Labute approximate surface area is 132 Å². The Balaban J connectivity index is 2.56. The van der Waals surface area contributed by atoms with Gasteiger partial charge in [0.15, 0.2) is 0 Å². The van der Waals surface area contributed by atoms with Crippen LogP contribution in [0.4, 0.5) is 0 Å². The number of hydrogen-bond acceptors (Lipinski definition) is 2. The zero-order chi connectivity index (χ0) is 15.4. The number of imidazole rings is 1. The predicted molar refractivity (Wildman–Crippen MR) is 89.4 cm³/mol. The van der Waals surface area contributed by atoms with Crippen LogP contribution in [-0.4, -0.2) is 16.2 Å². The monoisotopic (exact) mass is 308 g/mol. The van der Waals surface area contributed by atoms with Crippen molar-refractivity contribution >= 4 is 22.6 Å². The first-order valence-electron chi connectivity index (χ1n) is 7.87. The number of para-hydroxylation sites is 1. The topological polar surface area (TPSA) is 27.1 Å². The fourth-order valence-corrected chi connectivity index (χ4v) is 2.88. The summed E-state index contributed by atoms with van der Waals surface area (Å²) in [6.07, 6.45) is 3.24. The van der Waals surface area contributed by atoms with Crippen molar-refractivity contribution in [2.45, 2.75) is 58.4 Å². The summed E-state index contributed by atoms with van der Waals surface area (Å²) in [7, 11) is 0. The molecule has 3 nitrogen and oxygen atoms in total. The standard InChI is InChI=1S/C17H25ClN2O/c1-5-8-12(3)20-14-9-7-10-15(21-11-6-2)16(14)19-17(20)13(4)18/h7,9-10,12-13H,5-6,8,11H2,1-4H3. The normalized spacial score (nSPS) is 14.3. The van der Waals surface area contributed by atoms with E-state index in [4.69, 9.17) is 21.3 Å². The molecule has 0 bridgehead atoms. The Hall–Kier alpha value is -1.22. The summed E-state index contributed by atoms with van der Waals surface area (Å²) >= 11 is 6.36. The van der Waals surface area contributed by atoms with Gasteiger partial charge in [0.2, 0.25) is 0 Å². The third kappa shape index (κ3) is 3.34. The molecule has 0 radical (unpaired) electrons. The fraction of sp³-hybridized carbons (Fsp3) is 0.588. The number of ether oxygens (including phenoxy) is 1. The maximum Gasteiger partial charge on any atom is 0.147 e. The van der Waals surface area contributed by atoms with Crippen LogP contribution in [0.3, 0.4) is 0 Å². The van der Waals surface area contributed by atoms with Crippen molar-refractivity contribution in [1.29, 1.82) is 0 Å². The summed E-state index contributed by atoms with van der Waals surface area (Å²) < 4.78 is 8.11. The molecule has 2 rings (SSSR count). The van der Waals surface area contributed by atoms with Crippen LogP contribution >= 0.6 is 11.6 Å². The fourth-order valence-electron chi connectivity index (χ4n) is 2.73. The van der Waals surface area contributed by atoms with Gasteiger partial charge in [0, 0.05) is 6.04 Å². The lowest BCUT2D eigenvalue weighted by Gasteiger charge is -2.18. The molecular formula is C17H25ClN2O. The maximum absolute atomic E-state index is 6.36. The average molecular weight is 309 g/mol. The third-order valence-corrected chi connectivity index (χ3v) is 3.87. The van der Waals surface area contributed by atoms with E-state index < -0.39 is 0 Å². The number of rotatable bonds is 7. The van der Waals surface area contributed by atoms with Crippen LogP contribution in [0.5, 0.6) is 5.75 Å². The van der Waals surface area contributed by atoms with E-state index in [1.807, 2.05) is 19.1 Å². The van der Waals surface area contributed by atoms with Gasteiger partial charge in [-0.15, -0.1) is 11.6 Å². The molecule has 0 saturated carbocycles. The van der Waals surface area contributed by atoms with Gasteiger partial charge in [-0.3, -0.25) is 0 Å². The van der Waals surface area contributed by atoms with Gasteiger partial charge in [-0.05, 0) is 38.8 Å². The average Bonchev–Trinajstić information content (AvgIpc) is 2.85. The number of nitrogens with zero attached hydrogens (tertiary/aromatic N) is 2. The minimum atomic E-state index is -0.115. The van der Waals surface area contributed by atoms with E-state index in [1.54, 1.807) is 0 Å². The summed E-state index contributed by atoms with van der Waals surface area (Å²) in [5, 5.41) is -0.115. The minimum Gasteiger partial charge on any atom is -0.491 e. The molecule has 0 N–H and O–H groups in total. The van der Waals surface area contributed by atoms with Crippen LogP contribution in [0.1, 0.15) is 64.2 Å². The highest BCUT2D eigenvalue weighted by molar-refractivity contribution is 6.20. The molecule has 116 valence electrons. The molecule has 4 heteroatoms. The first-order valence-corrected chi connectivity index (χ1v) is 8.31. The van der Waals surface area contributed by atoms with Gasteiger partial charge in [-0.1, -0.05) is 26.3 Å². The van der Waals surface area contributed by atoms with Crippen LogP contribution in [-0.2, 0) is 0 Å². The lowest BCUT2D eigenvalue weighted by Crippen LogP contribution is -2.09. The van der Waals surface area contributed by atoms with Crippen molar-refractivity contribution in [3.63, 3.8) is 0 Å². The molecule has 2 unspecified atom stereocenters. The molecule has 0 aliphatic rings. The Morgan fingerprint density at radius 3 is 2.62 bits per heavy atom. The van der Waals surface area contributed by atoms with Crippen molar-refractivity contribution < 1.29 is 4.74 Å². The molecule has 0 fully saturated rings. The van der Waals surface area contributed by atoms with Gasteiger partial charge in [0.25, 0.3) is 0 Å². The summed E-state index contributed by atoms with van der Waals surface area (Å²) in [5.41, 5.74) is 2.04. The van der Waals surface area contributed by atoms with E-state index in [1.165, 1.54) is 0 Å². The van der Waals surface area contributed by atoms with Crippen molar-refractivity contribution in [2.24, 2.45) is 0 Å². The molecule has 1 aromatic heterocycles. The maximum atomic E-state index is 6.36. The molecule has 0 aliphatic carbocycles. The Kier molecular flexibility index (Phi) is 5.51. The second-order valence-corrected chi connectivity index (χ2v) is 6.22. The van der Waals surface area contributed by atoms with E-state index in [9.17, 15) is 0 Å². The first-order chi connectivity index (χ1) is 10.1. The van der Waals surface area contributed by atoms with E-state index in [0.29, 0.717) is 12.6 Å². The molecule has 21 heavy (non-hydrogen) atoms. The van der Waals surface area contributed by atoms with Crippen LogP contribution in [0.2, 0.25) is 0 Å². The number of benzene rings is 1. The molecule has 2 atom stereocenters. The molecular weight excluding hydrogens is 284 g/mol. The van der Waals surface area contributed by atoms with Crippen molar-refractivity contribution in [3.8, 4) is 5.75 Å². The Bertz CT molecular complexity index is 592. The van der Waals surface area contributed by atoms with Crippen LogP contribution in [0, 0.1) is 0 Å². The molecule has 0 aliphatic heterocycles. The molecule has 0 amide bonds. The highest BCUT2D eigenvalue weighted by atomic mass is 35.5. The quantitative estimate of drug-likeness (QED) is 0.633. The van der Waals surface area contributed by atoms with E-state index in [-0.39, 0.29) is 5.38 Å². The van der Waals surface area contributed by atoms with Gasteiger partial charge in [0.1, 0.15) is 17.1 Å². The molecule has 0 saturated heterocycles. The summed E-state index contributed by atoms with van der Waals surface area (Å²) in [6, 6.07) is 6.52. The number of alkyl halides is 1. The minimum absolute atomic E-state index is 0.115. The smallest absolute Gasteiger partial charge is 0.147 e. The van der Waals surface area contributed by atoms with Gasteiger partial charge < -0.3 is 9.30 Å². The third-order valence-electron chi connectivity index (χ3n) is 3.68. The zero-order valence-corrected chi connectivity index (χ0v) is 14.2. The van der Waals surface area contributed by atoms with Gasteiger partial charge >= 0.3 is 0 Å². The highest BCUT2D eigenvalue weighted by Crippen LogP contribution is 2.33. The van der Waals surface area contributed by atoms with E-state index in [0.717, 1.165) is 41.9 Å². The number of fused-ring (bicyclic) bond motifs is 1. The van der Waals surface area contributed by atoms with Crippen molar-refractivity contribution in [3.05, 3.63) is 24.0 Å². The van der Waals surface area contributed by atoms with Crippen LogP contribution in [0.15, 0.2) is 18.2 Å². The zero-order valence-electron chi connectivity index (χ0n) is 13.4. The molecule has 1 heterocycles. The Morgan fingerprint density at radius 2 is 2.00 bits per heavy atom. The van der Waals surface area contributed by atoms with E-state index in [2.05, 4.69) is 31.4 Å². The summed E-state index contributed by atoms with van der Waals surface area (Å²) in [6.45, 7) is 9.23. The number of hydrogen-bond donors (Lipinski definition) is 0. The second-order valence-electron chi connectivity index (χ2n) is 5.57. The predicted octanol–water partition coefficient (Wildman–Crippen LogP) is 5.49. The second kappa shape index (κ2) is 7.17. The van der Waals surface area contributed by atoms with Gasteiger partial charge in [-0.25, -0.2) is 4.98 Å². The largest absolute Gasteiger partial charge is 0.491 e. The van der Waals surface area contributed by atoms with Crippen LogP contribution < -0.4 is 4.74 Å². The lowest BCUT2D eigenvalue weighted by molar-refractivity contribution is 0.320. The Morgan fingerprint density at radius 1 is 1.24 bits per heavy atom. The van der Waals surface area contributed by atoms with Gasteiger partial charge in [0.05, 0.1) is 17.5 Å². The summed E-state index contributed by atoms with van der Waals surface area (Å²) in [5.74, 6) is 1.79. The number of aromatic nitrogens is 2. The van der Waals surface area contributed by atoms with Crippen LogP contribution in [0.25, 0.3) is 11.0 Å². The molecule has 0 spiro atoms. The first kappa shape index (κ1) is 16.2. The number of halogens is 1. The molecule has 2 aromatic rings. The van der Waals surface area contributed by atoms with E-state index >= 15 is 0 Å². The highest BCUT2D eigenvalue weighted by Gasteiger charge is 2.20. The molecule has 1 aromatic carbocycles. The summed E-state index contributed by atoms with van der Waals surface area (Å²) in [4.78, 5) is 4.77. The van der Waals surface area contributed by atoms with Crippen molar-refractivity contribution in [2.75, 3.05) is 6.61 Å². The van der Waals surface area contributed by atoms with Gasteiger partial charge in [-0.2, -0.15) is 0 Å². The SMILES string of the molecule is CCCOc1cccc2c1nc(C(C)Cl)n2C(C)CCC. The lowest BCUT2D eigenvalue weighted by atomic mass is 10.2. The van der Waals surface area contributed by atoms with Crippen molar-refractivity contribution in [1.82, 2.24) is 9.55 Å².